The van der Waals surface area contributed by atoms with Crippen LogP contribution in [0.1, 0.15) is 19.3 Å². The van der Waals surface area contributed by atoms with E-state index in [-0.39, 0.29) is 18.0 Å². The Bertz CT molecular complexity index is 744. The predicted octanol–water partition coefficient (Wildman–Crippen LogP) is 3.59. The molecule has 0 bridgehead atoms. The Morgan fingerprint density at radius 2 is 1.68 bits per heavy atom. The lowest BCUT2D eigenvalue weighted by molar-refractivity contribution is 0.0822. The Hall–Kier alpha value is -2.64. The number of halogens is 1. The van der Waals surface area contributed by atoms with E-state index in [1.807, 2.05) is 0 Å². The molecule has 1 fully saturated rings. The number of piperidine rings is 1. The van der Waals surface area contributed by atoms with E-state index in [0.29, 0.717) is 23.7 Å². The van der Waals surface area contributed by atoms with Crippen molar-refractivity contribution >= 4 is 11.7 Å². The molecule has 1 heterocycles. The largest absolute Gasteiger partial charge is 0.457 e. The molecule has 1 aliphatic rings. The SMILES string of the molecule is O=C(NCCCN1CCC(O)CC1)Nc1ccc(Oc2ccc(F)cc2)cc1. The summed E-state index contributed by atoms with van der Waals surface area (Å²) in [5, 5.41) is 15.1. The minimum absolute atomic E-state index is 0.160. The molecule has 0 aromatic heterocycles. The zero-order valence-corrected chi connectivity index (χ0v) is 15.7. The molecule has 3 N–H and O–H groups in total. The fourth-order valence-electron chi connectivity index (χ4n) is 3.07. The molecule has 150 valence electrons. The first-order chi connectivity index (χ1) is 13.6. The molecule has 3 rings (SSSR count). The second-order valence-electron chi connectivity index (χ2n) is 6.89. The van der Waals surface area contributed by atoms with Crippen LogP contribution in [0.5, 0.6) is 11.5 Å². The van der Waals surface area contributed by atoms with Gasteiger partial charge in [-0.05, 0) is 74.3 Å². The highest BCUT2D eigenvalue weighted by molar-refractivity contribution is 5.89. The molecule has 0 atom stereocenters. The fraction of sp³-hybridized carbons (Fsp3) is 0.381. The average Bonchev–Trinajstić information content (AvgIpc) is 2.70. The lowest BCUT2D eigenvalue weighted by Gasteiger charge is -2.29. The normalized spacial score (nSPS) is 15.2. The maximum atomic E-state index is 12.9. The lowest BCUT2D eigenvalue weighted by atomic mass is 10.1. The van der Waals surface area contributed by atoms with Crippen molar-refractivity contribution in [2.24, 2.45) is 0 Å². The van der Waals surface area contributed by atoms with Crippen LogP contribution in [-0.2, 0) is 0 Å². The van der Waals surface area contributed by atoms with E-state index >= 15 is 0 Å². The van der Waals surface area contributed by atoms with Crippen LogP contribution in [0.3, 0.4) is 0 Å². The Morgan fingerprint density at radius 1 is 1.07 bits per heavy atom. The van der Waals surface area contributed by atoms with Gasteiger partial charge in [0.05, 0.1) is 6.10 Å². The third-order valence-corrected chi connectivity index (χ3v) is 4.66. The van der Waals surface area contributed by atoms with Crippen LogP contribution >= 0.6 is 0 Å². The van der Waals surface area contributed by atoms with Gasteiger partial charge in [-0.15, -0.1) is 0 Å². The summed E-state index contributed by atoms with van der Waals surface area (Å²) >= 11 is 0. The number of rotatable bonds is 7. The Labute approximate surface area is 164 Å². The summed E-state index contributed by atoms with van der Waals surface area (Å²) < 4.78 is 18.5. The zero-order valence-electron chi connectivity index (χ0n) is 15.7. The quantitative estimate of drug-likeness (QED) is 0.635. The van der Waals surface area contributed by atoms with Crippen molar-refractivity contribution < 1.29 is 19.0 Å². The number of hydrogen-bond acceptors (Lipinski definition) is 4. The highest BCUT2D eigenvalue weighted by Gasteiger charge is 2.16. The van der Waals surface area contributed by atoms with Crippen molar-refractivity contribution in [3.8, 4) is 11.5 Å². The monoisotopic (exact) mass is 387 g/mol. The first kappa shape index (κ1) is 20.1. The summed E-state index contributed by atoms with van der Waals surface area (Å²) in [6.07, 6.45) is 2.37. The first-order valence-corrected chi connectivity index (χ1v) is 9.57. The van der Waals surface area contributed by atoms with E-state index in [9.17, 15) is 14.3 Å². The summed E-state index contributed by atoms with van der Waals surface area (Å²) in [4.78, 5) is 14.3. The van der Waals surface area contributed by atoms with Gasteiger partial charge in [0.2, 0.25) is 0 Å². The third-order valence-electron chi connectivity index (χ3n) is 4.66. The molecule has 2 amide bonds. The number of carbonyl (C=O) groups is 1. The maximum Gasteiger partial charge on any atom is 0.319 e. The van der Waals surface area contributed by atoms with E-state index < -0.39 is 0 Å². The number of likely N-dealkylation sites (tertiary alicyclic amines) is 1. The van der Waals surface area contributed by atoms with Gasteiger partial charge >= 0.3 is 6.03 Å². The van der Waals surface area contributed by atoms with E-state index in [2.05, 4.69) is 15.5 Å². The molecule has 1 saturated heterocycles. The molecule has 0 spiro atoms. The highest BCUT2D eigenvalue weighted by Crippen LogP contribution is 2.23. The molecule has 2 aromatic rings. The minimum Gasteiger partial charge on any atom is -0.457 e. The number of benzene rings is 2. The smallest absolute Gasteiger partial charge is 0.319 e. The number of aliphatic hydroxyl groups is 1. The van der Waals surface area contributed by atoms with Gasteiger partial charge < -0.3 is 25.4 Å². The van der Waals surface area contributed by atoms with Crippen molar-refractivity contribution in [3.63, 3.8) is 0 Å². The Morgan fingerprint density at radius 3 is 2.32 bits per heavy atom. The van der Waals surface area contributed by atoms with Gasteiger partial charge in [-0.25, -0.2) is 9.18 Å². The van der Waals surface area contributed by atoms with Gasteiger partial charge in [0.15, 0.2) is 0 Å². The van der Waals surface area contributed by atoms with E-state index in [1.54, 1.807) is 36.4 Å². The predicted molar refractivity (Wildman–Crippen MR) is 106 cm³/mol. The van der Waals surface area contributed by atoms with Crippen LogP contribution < -0.4 is 15.4 Å². The van der Waals surface area contributed by atoms with Crippen LogP contribution in [0.4, 0.5) is 14.9 Å². The number of nitrogens with one attached hydrogen (secondary N) is 2. The molecule has 28 heavy (non-hydrogen) atoms. The minimum atomic E-state index is -0.312. The van der Waals surface area contributed by atoms with Crippen molar-refractivity contribution in [1.29, 1.82) is 0 Å². The second kappa shape index (κ2) is 10.1. The number of urea groups is 1. The van der Waals surface area contributed by atoms with Gasteiger partial charge in [-0.3, -0.25) is 0 Å². The first-order valence-electron chi connectivity index (χ1n) is 9.57. The molecule has 0 aliphatic carbocycles. The zero-order chi connectivity index (χ0) is 19.8. The number of amides is 2. The number of carbonyl (C=O) groups excluding carboxylic acids is 1. The molecule has 0 radical (unpaired) electrons. The number of nitrogens with zero attached hydrogens (tertiary/aromatic N) is 1. The summed E-state index contributed by atoms with van der Waals surface area (Å²) in [6.45, 7) is 3.35. The molecular weight excluding hydrogens is 361 g/mol. The van der Waals surface area contributed by atoms with Gasteiger partial charge in [-0.1, -0.05) is 0 Å². The third kappa shape index (κ3) is 6.51. The standard InChI is InChI=1S/C21H26FN3O3/c22-16-2-6-19(7-3-16)28-20-8-4-17(5-9-20)24-21(27)23-12-1-13-25-14-10-18(26)11-15-25/h2-9,18,26H,1,10-15H2,(H2,23,24,27). The van der Waals surface area contributed by atoms with E-state index in [0.717, 1.165) is 38.9 Å². The van der Waals surface area contributed by atoms with Crippen molar-refractivity contribution in [2.75, 3.05) is 31.5 Å². The van der Waals surface area contributed by atoms with Gasteiger partial charge in [0.1, 0.15) is 17.3 Å². The molecule has 7 heteroatoms. The summed E-state index contributed by atoms with van der Waals surface area (Å²) in [5.74, 6) is 0.833. The Balaban J connectivity index is 1.35. The van der Waals surface area contributed by atoms with Gasteiger partial charge in [-0.2, -0.15) is 0 Å². The number of hydrogen-bond donors (Lipinski definition) is 3. The van der Waals surface area contributed by atoms with E-state index in [4.69, 9.17) is 4.74 Å². The van der Waals surface area contributed by atoms with Gasteiger partial charge in [0, 0.05) is 25.3 Å². The molecular formula is C21H26FN3O3. The molecule has 2 aromatic carbocycles. The molecule has 0 unspecified atom stereocenters. The lowest BCUT2D eigenvalue weighted by Crippen LogP contribution is -2.38. The average molecular weight is 387 g/mol. The van der Waals surface area contributed by atoms with E-state index in [1.165, 1.54) is 12.1 Å². The second-order valence-corrected chi connectivity index (χ2v) is 6.89. The van der Waals surface area contributed by atoms with Crippen molar-refractivity contribution in [3.05, 3.63) is 54.3 Å². The van der Waals surface area contributed by atoms with Crippen LogP contribution in [0.25, 0.3) is 0 Å². The van der Waals surface area contributed by atoms with Crippen LogP contribution in [0.2, 0.25) is 0 Å². The number of aliphatic hydroxyl groups excluding tert-OH is 1. The van der Waals surface area contributed by atoms with Crippen LogP contribution in [0.15, 0.2) is 48.5 Å². The van der Waals surface area contributed by atoms with Crippen LogP contribution in [-0.4, -0.2) is 48.3 Å². The summed E-state index contributed by atoms with van der Waals surface area (Å²) in [7, 11) is 0. The maximum absolute atomic E-state index is 12.9. The molecule has 0 saturated carbocycles. The molecule has 6 nitrogen and oxygen atoms in total. The molecule has 1 aliphatic heterocycles. The summed E-state index contributed by atoms with van der Waals surface area (Å²) in [6, 6.07) is 12.5. The summed E-state index contributed by atoms with van der Waals surface area (Å²) in [5.41, 5.74) is 0.661. The highest BCUT2D eigenvalue weighted by atomic mass is 19.1. The van der Waals surface area contributed by atoms with Crippen LogP contribution in [0, 0.1) is 5.82 Å². The topological polar surface area (TPSA) is 73.8 Å². The Kier molecular flexibility index (Phi) is 7.22. The van der Waals surface area contributed by atoms with Crippen molar-refractivity contribution in [2.45, 2.75) is 25.4 Å². The van der Waals surface area contributed by atoms with Gasteiger partial charge in [0.25, 0.3) is 0 Å². The number of anilines is 1. The van der Waals surface area contributed by atoms with Crippen molar-refractivity contribution in [1.82, 2.24) is 10.2 Å². The number of ether oxygens (including phenoxy) is 1. The fourth-order valence-corrected chi connectivity index (χ4v) is 3.07.